The van der Waals surface area contributed by atoms with Crippen LogP contribution in [-0.2, 0) is 20.4 Å². The third-order valence-electron chi connectivity index (χ3n) is 9.22. The van der Waals surface area contributed by atoms with Gasteiger partial charge < -0.3 is 4.74 Å². The van der Waals surface area contributed by atoms with Crippen molar-refractivity contribution in [2.24, 2.45) is 11.8 Å². The largest absolute Gasteiger partial charge is 0.494 e. The number of nitrogens with zero attached hydrogens (tertiary/aromatic N) is 1. The number of ether oxygens (including phenoxy) is 1. The van der Waals surface area contributed by atoms with E-state index in [4.69, 9.17) is 4.74 Å². The Morgan fingerprint density at radius 2 is 1.15 bits per heavy atom. The second-order valence-corrected chi connectivity index (χ2v) is 13.9. The van der Waals surface area contributed by atoms with Crippen LogP contribution in [0.5, 0.6) is 5.75 Å². The van der Waals surface area contributed by atoms with Crippen LogP contribution >= 0.6 is 0 Å². The molecule has 0 spiro atoms. The highest BCUT2D eigenvalue weighted by atomic mass is 16.5. The lowest BCUT2D eigenvalue weighted by Gasteiger charge is -2.47. The molecular formula is C36H41NO3. The maximum Gasteiger partial charge on any atom is 0.238 e. The predicted molar refractivity (Wildman–Crippen MR) is 160 cm³/mol. The summed E-state index contributed by atoms with van der Waals surface area (Å²) >= 11 is 0. The van der Waals surface area contributed by atoms with Crippen molar-refractivity contribution in [3.8, 4) is 5.75 Å². The topological polar surface area (TPSA) is 46.6 Å². The lowest BCUT2D eigenvalue weighted by molar-refractivity contribution is -0.122. The summed E-state index contributed by atoms with van der Waals surface area (Å²) in [5, 5.41) is 0. The molecule has 1 aliphatic heterocycles. The molecule has 40 heavy (non-hydrogen) atoms. The van der Waals surface area contributed by atoms with E-state index in [1.807, 2.05) is 24.3 Å². The smallest absolute Gasteiger partial charge is 0.238 e. The van der Waals surface area contributed by atoms with E-state index in [0.717, 1.165) is 18.6 Å². The first-order chi connectivity index (χ1) is 18.9. The van der Waals surface area contributed by atoms with Crippen molar-refractivity contribution in [3.63, 3.8) is 0 Å². The van der Waals surface area contributed by atoms with Crippen LogP contribution in [0, 0.1) is 11.8 Å². The minimum absolute atomic E-state index is 0.00741. The van der Waals surface area contributed by atoms with Crippen LogP contribution in [0.2, 0.25) is 0 Å². The fraction of sp³-hybridized carbons (Fsp3) is 0.444. The summed E-state index contributed by atoms with van der Waals surface area (Å²) in [7, 11) is 0. The van der Waals surface area contributed by atoms with Crippen molar-refractivity contribution in [1.82, 2.24) is 0 Å². The maximum absolute atomic E-state index is 14.2. The van der Waals surface area contributed by atoms with Gasteiger partial charge in [0.1, 0.15) is 5.75 Å². The van der Waals surface area contributed by atoms with Crippen molar-refractivity contribution < 1.29 is 14.3 Å². The number of anilines is 1. The Kier molecular flexibility index (Phi) is 6.25. The minimum atomic E-state index is -0.395. The number of benzene rings is 3. The Morgan fingerprint density at radius 1 is 0.675 bits per heavy atom. The predicted octanol–water partition coefficient (Wildman–Crippen LogP) is 7.86. The van der Waals surface area contributed by atoms with Crippen LogP contribution in [-0.4, -0.2) is 18.4 Å². The van der Waals surface area contributed by atoms with Crippen LogP contribution < -0.4 is 9.64 Å². The maximum atomic E-state index is 14.2. The van der Waals surface area contributed by atoms with Gasteiger partial charge in [0.05, 0.1) is 24.1 Å². The van der Waals surface area contributed by atoms with E-state index < -0.39 is 11.8 Å². The number of rotatable bonds is 5. The van der Waals surface area contributed by atoms with Gasteiger partial charge in [-0.05, 0) is 74.9 Å². The first kappa shape index (κ1) is 26.8. The van der Waals surface area contributed by atoms with E-state index in [1.54, 1.807) is 0 Å². The molecule has 7 rings (SSSR count). The summed E-state index contributed by atoms with van der Waals surface area (Å²) < 4.78 is 5.83. The first-order valence-corrected chi connectivity index (χ1v) is 14.8. The second kappa shape index (κ2) is 9.33. The van der Waals surface area contributed by atoms with Crippen molar-refractivity contribution in [1.29, 1.82) is 0 Å². The van der Waals surface area contributed by atoms with Crippen LogP contribution in [0.15, 0.2) is 60.7 Å². The standard InChI is InChI=1S/C36H41NO3/c1-8-9-18-40-24-14-12-23(13-15-24)37-33(38)31-29-26-17-11-22(36(5,6)7)20-28(26)30(32(31)34(37)39)25-16-10-21(19-27(25)29)35(2,3)4/h10-17,19-20,29-32H,8-9,18H2,1-7H3. The number of hydrogen-bond donors (Lipinski definition) is 0. The quantitative estimate of drug-likeness (QED) is 0.247. The molecule has 4 aliphatic rings. The molecule has 3 aromatic carbocycles. The van der Waals surface area contributed by atoms with E-state index in [9.17, 15) is 9.59 Å². The van der Waals surface area contributed by atoms with E-state index >= 15 is 0 Å². The van der Waals surface area contributed by atoms with Crippen molar-refractivity contribution in [3.05, 3.63) is 94.0 Å². The van der Waals surface area contributed by atoms with E-state index in [2.05, 4.69) is 84.9 Å². The molecule has 208 valence electrons. The normalized spacial score (nSPS) is 23.2. The molecule has 2 amide bonds. The van der Waals surface area contributed by atoms with E-state index in [-0.39, 0.29) is 34.5 Å². The summed E-state index contributed by atoms with van der Waals surface area (Å²) in [4.78, 5) is 29.9. The molecule has 3 aliphatic carbocycles. The third kappa shape index (κ3) is 4.10. The van der Waals surface area contributed by atoms with Gasteiger partial charge in [-0.3, -0.25) is 9.59 Å². The molecule has 4 nitrogen and oxygen atoms in total. The molecule has 0 radical (unpaired) electrons. The van der Waals surface area contributed by atoms with Crippen LogP contribution in [0.1, 0.15) is 107 Å². The minimum Gasteiger partial charge on any atom is -0.494 e. The second-order valence-electron chi connectivity index (χ2n) is 13.9. The lowest BCUT2D eigenvalue weighted by atomic mass is 9.54. The molecule has 0 aromatic heterocycles. The van der Waals surface area contributed by atoms with Gasteiger partial charge >= 0.3 is 0 Å². The summed E-state index contributed by atoms with van der Waals surface area (Å²) in [6.07, 6.45) is 2.06. The average molecular weight is 536 g/mol. The van der Waals surface area contributed by atoms with Crippen LogP contribution in [0.25, 0.3) is 0 Å². The van der Waals surface area contributed by atoms with Gasteiger partial charge in [-0.2, -0.15) is 0 Å². The van der Waals surface area contributed by atoms with E-state index in [1.165, 1.54) is 38.3 Å². The van der Waals surface area contributed by atoms with Gasteiger partial charge in [-0.15, -0.1) is 0 Å². The summed E-state index contributed by atoms with van der Waals surface area (Å²) in [6.45, 7) is 16.2. The highest BCUT2D eigenvalue weighted by Gasteiger charge is 2.62. The number of hydrogen-bond acceptors (Lipinski definition) is 3. The van der Waals surface area contributed by atoms with Crippen LogP contribution in [0.4, 0.5) is 5.69 Å². The third-order valence-corrected chi connectivity index (χ3v) is 9.22. The van der Waals surface area contributed by atoms with Gasteiger partial charge in [0.25, 0.3) is 0 Å². The van der Waals surface area contributed by atoms with Gasteiger partial charge in [0.15, 0.2) is 0 Å². The van der Waals surface area contributed by atoms with Gasteiger partial charge in [0.2, 0.25) is 11.8 Å². The number of carbonyl (C=O) groups is 2. The molecule has 4 heteroatoms. The molecule has 2 bridgehead atoms. The Hall–Kier alpha value is -3.40. The van der Waals surface area contributed by atoms with Crippen molar-refractivity contribution >= 4 is 17.5 Å². The Bertz CT molecular complexity index is 1400. The number of unbranched alkanes of at least 4 members (excludes halogenated alkanes) is 1. The zero-order valence-electron chi connectivity index (χ0n) is 24.9. The molecule has 1 heterocycles. The van der Waals surface area contributed by atoms with Gasteiger partial charge in [-0.25, -0.2) is 4.90 Å². The Morgan fingerprint density at radius 3 is 1.57 bits per heavy atom. The fourth-order valence-corrected chi connectivity index (χ4v) is 6.99. The lowest BCUT2D eigenvalue weighted by Crippen LogP contribution is -2.42. The molecular weight excluding hydrogens is 494 g/mol. The summed E-state index contributed by atoms with van der Waals surface area (Å²) in [5.41, 5.74) is 7.99. The van der Waals surface area contributed by atoms with Crippen molar-refractivity contribution in [2.45, 2.75) is 84.0 Å². The zero-order chi connectivity index (χ0) is 28.6. The summed E-state index contributed by atoms with van der Waals surface area (Å²) in [6, 6.07) is 21.0. The van der Waals surface area contributed by atoms with Crippen molar-refractivity contribution in [2.75, 3.05) is 11.5 Å². The van der Waals surface area contributed by atoms with Gasteiger partial charge in [-0.1, -0.05) is 91.3 Å². The molecule has 3 aromatic rings. The first-order valence-electron chi connectivity index (χ1n) is 14.8. The number of imide groups is 1. The van der Waals surface area contributed by atoms with Gasteiger partial charge in [0, 0.05) is 11.8 Å². The van der Waals surface area contributed by atoms with Crippen LogP contribution in [0.3, 0.4) is 0 Å². The molecule has 1 fully saturated rings. The Balaban J connectivity index is 1.46. The molecule has 1 saturated heterocycles. The zero-order valence-corrected chi connectivity index (χ0v) is 24.9. The SMILES string of the molecule is CCCCOc1ccc(N2C(=O)C3C4c5ccc(C(C)(C)C)cc5C(c5ccc(C(C)(C)C)cc54)C3C2=O)cc1. The van der Waals surface area contributed by atoms with E-state index in [0.29, 0.717) is 12.3 Å². The highest BCUT2D eigenvalue weighted by molar-refractivity contribution is 6.23. The number of carbonyl (C=O) groups excluding carboxylic acids is 2. The molecule has 4 unspecified atom stereocenters. The molecule has 0 N–H and O–H groups in total. The Labute approximate surface area is 238 Å². The molecule has 4 atom stereocenters. The fourth-order valence-electron chi connectivity index (χ4n) is 6.99. The molecule has 0 saturated carbocycles. The average Bonchev–Trinajstić information content (AvgIpc) is 3.18. The summed E-state index contributed by atoms with van der Waals surface area (Å²) in [5.74, 6) is -0.451. The number of amides is 2. The monoisotopic (exact) mass is 535 g/mol. The highest BCUT2D eigenvalue weighted by Crippen LogP contribution is 2.62.